The molecule has 1 unspecified atom stereocenters. The summed E-state index contributed by atoms with van der Waals surface area (Å²) in [5, 5.41) is 0. The first-order valence-electron chi connectivity index (χ1n) is 9.57. The molecule has 1 aromatic carbocycles. The summed E-state index contributed by atoms with van der Waals surface area (Å²) >= 11 is 0. The summed E-state index contributed by atoms with van der Waals surface area (Å²) in [6.45, 7) is 2.55. The zero-order chi connectivity index (χ0) is 18.1. The summed E-state index contributed by atoms with van der Waals surface area (Å²) in [5.41, 5.74) is 2.41. The van der Waals surface area contributed by atoms with Crippen molar-refractivity contribution < 1.29 is 17.9 Å². The Morgan fingerprint density at radius 3 is 2.50 bits per heavy atom. The number of hydrogen-bond acceptors (Lipinski definition) is 4. The predicted molar refractivity (Wildman–Crippen MR) is 97.4 cm³/mol. The first-order valence-corrected chi connectivity index (χ1v) is 11.0. The second kappa shape index (κ2) is 7.29. The fraction of sp³-hybridized carbons (Fsp3) is 0.632. The van der Waals surface area contributed by atoms with Crippen molar-refractivity contribution in [2.75, 3.05) is 32.8 Å². The second-order valence-corrected chi connectivity index (χ2v) is 9.24. The molecule has 2 aliphatic heterocycles. The van der Waals surface area contributed by atoms with Gasteiger partial charge in [-0.25, -0.2) is 8.42 Å². The molecule has 4 rings (SSSR count). The molecule has 1 aromatic rings. The molecule has 26 heavy (non-hydrogen) atoms. The van der Waals surface area contributed by atoms with Crippen molar-refractivity contribution in [1.82, 2.24) is 9.21 Å². The van der Waals surface area contributed by atoms with Crippen molar-refractivity contribution in [3.63, 3.8) is 0 Å². The van der Waals surface area contributed by atoms with Crippen molar-refractivity contribution in [2.45, 2.75) is 49.5 Å². The average molecular weight is 378 g/mol. The van der Waals surface area contributed by atoms with E-state index in [9.17, 15) is 13.2 Å². The van der Waals surface area contributed by atoms with E-state index in [4.69, 9.17) is 4.74 Å². The van der Waals surface area contributed by atoms with Crippen LogP contribution >= 0.6 is 0 Å². The van der Waals surface area contributed by atoms with Gasteiger partial charge in [-0.3, -0.25) is 4.79 Å². The van der Waals surface area contributed by atoms with E-state index in [1.54, 1.807) is 11.0 Å². The highest BCUT2D eigenvalue weighted by Gasteiger charge is 2.41. The smallest absolute Gasteiger partial charge is 0.243 e. The molecule has 3 aliphatic rings. The van der Waals surface area contributed by atoms with Crippen LogP contribution in [0, 0.1) is 0 Å². The molecule has 2 fully saturated rings. The minimum absolute atomic E-state index is 0.0765. The molecule has 7 heteroatoms. The lowest BCUT2D eigenvalue weighted by Crippen LogP contribution is -2.50. The summed E-state index contributed by atoms with van der Waals surface area (Å²) in [7, 11) is -3.65. The predicted octanol–water partition coefficient (Wildman–Crippen LogP) is 1.58. The van der Waals surface area contributed by atoms with Crippen LogP contribution in [0.5, 0.6) is 0 Å². The van der Waals surface area contributed by atoms with Crippen molar-refractivity contribution >= 4 is 15.9 Å². The SMILES string of the molecule is O=C(C1CCCN1S(=O)(=O)c1ccc2c(c1)CCCC2)N1CCOCC1. The zero-order valence-electron chi connectivity index (χ0n) is 15.0. The number of carbonyl (C=O) groups is 1. The van der Waals surface area contributed by atoms with E-state index in [2.05, 4.69) is 0 Å². The summed E-state index contributed by atoms with van der Waals surface area (Å²) in [6, 6.07) is 4.93. The zero-order valence-corrected chi connectivity index (χ0v) is 15.8. The second-order valence-electron chi connectivity index (χ2n) is 7.35. The Morgan fingerprint density at radius 1 is 1.00 bits per heavy atom. The summed E-state index contributed by atoms with van der Waals surface area (Å²) in [6.07, 6.45) is 5.57. The van der Waals surface area contributed by atoms with Gasteiger partial charge in [0.2, 0.25) is 15.9 Å². The van der Waals surface area contributed by atoms with Crippen molar-refractivity contribution in [3.05, 3.63) is 29.3 Å². The number of hydrogen-bond donors (Lipinski definition) is 0. The first kappa shape index (κ1) is 17.9. The maximum absolute atomic E-state index is 13.2. The molecule has 0 radical (unpaired) electrons. The number of morpholine rings is 1. The Labute approximate surface area is 155 Å². The molecule has 142 valence electrons. The monoisotopic (exact) mass is 378 g/mol. The standard InChI is InChI=1S/C19H26N2O4S/c22-19(20-10-12-25-13-11-20)18-6-3-9-21(18)26(23,24)17-8-7-15-4-1-2-5-16(15)14-17/h7-8,14,18H,1-6,9-13H2. The highest BCUT2D eigenvalue weighted by molar-refractivity contribution is 7.89. The van der Waals surface area contributed by atoms with Crippen molar-refractivity contribution in [3.8, 4) is 0 Å². The number of rotatable bonds is 3. The molecule has 0 bridgehead atoms. The molecule has 6 nitrogen and oxygen atoms in total. The number of aryl methyl sites for hydroxylation is 2. The lowest BCUT2D eigenvalue weighted by Gasteiger charge is -2.32. The van der Waals surface area contributed by atoms with Gasteiger partial charge in [0.1, 0.15) is 6.04 Å². The van der Waals surface area contributed by atoms with Crippen LogP contribution in [0.1, 0.15) is 36.8 Å². The third-order valence-electron chi connectivity index (χ3n) is 5.74. The number of fused-ring (bicyclic) bond motifs is 1. The number of amides is 1. The summed E-state index contributed by atoms with van der Waals surface area (Å²) in [5.74, 6) is -0.0765. The summed E-state index contributed by atoms with van der Waals surface area (Å²) in [4.78, 5) is 15.0. The highest BCUT2D eigenvalue weighted by Crippen LogP contribution is 2.30. The number of sulfonamides is 1. The Kier molecular flexibility index (Phi) is 5.03. The van der Waals surface area contributed by atoms with Gasteiger partial charge in [-0.05, 0) is 61.8 Å². The van der Waals surface area contributed by atoms with Gasteiger partial charge < -0.3 is 9.64 Å². The van der Waals surface area contributed by atoms with Crippen molar-refractivity contribution in [2.24, 2.45) is 0 Å². The largest absolute Gasteiger partial charge is 0.378 e. The van der Waals surface area contributed by atoms with Crippen LogP contribution in [0.3, 0.4) is 0 Å². The van der Waals surface area contributed by atoms with E-state index in [0.29, 0.717) is 44.2 Å². The molecule has 1 atom stereocenters. The number of benzene rings is 1. The molecule has 0 saturated carbocycles. The Morgan fingerprint density at radius 2 is 1.73 bits per heavy atom. The van der Waals surface area contributed by atoms with Crippen LogP contribution in [0.15, 0.2) is 23.1 Å². The van der Waals surface area contributed by atoms with Crippen LogP contribution in [-0.4, -0.2) is 62.4 Å². The van der Waals surface area contributed by atoms with Crippen LogP contribution in [0.4, 0.5) is 0 Å². The van der Waals surface area contributed by atoms with Crippen LogP contribution in [0.25, 0.3) is 0 Å². The maximum atomic E-state index is 13.2. The molecule has 2 heterocycles. The number of ether oxygens (including phenoxy) is 1. The third kappa shape index (κ3) is 3.28. The third-order valence-corrected chi connectivity index (χ3v) is 7.64. The van der Waals surface area contributed by atoms with Gasteiger partial charge in [0.15, 0.2) is 0 Å². The Bertz CT molecular complexity index is 787. The van der Waals surface area contributed by atoms with E-state index < -0.39 is 16.1 Å². The minimum Gasteiger partial charge on any atom is -0.378 e. The quantitative estimate of drug-likeness (QED) is 0.801. The molecule has 0 spiro atoms. The van der Waals surface area contributed by atoms with Crippen LogP contribution in [0.2, 0.25) is 0 Å². The van der Waals surface area contributed by atoms with Crippen LogP contribution < -0.4 is 0 Å². The molecular formula is C19H26N2O4S. The van der Waals surface area contributed by atoms with Gasteiger partial charge in [0.25, 0.3) is 0 Å². The average Bonchev–Trinajstić information content (AvgIpc) is 3.18. The lowest BCUT2D eigenvalue weighted by molar-refractivity contribution is -0.138. The maximum Gasteiger partial charge on any atom is 0.243 e. The van der Waals surface area contributed by atoms with Crippen LogP contribution in [-0.2, 0) is 32.4 Å². The van der Waals surface area contributed by atoms with Gasteiger partial charge in [0.05, 0.1) is 18.1 Å². The molecule has 1 aliphatic carbocycles. The Hall–Kier alpha value is -1.44. The van der Waals surface area contributed by atoms with E-state index in [-0.39, 0.29) is 5.91 Å². The van der Waals surface area contributed by atoms with Gasteiger partial charge in [-0.15, -0.1) is 0 Å². The molecule has 2 saturated heterocycles. The highest BCUT2D eigenvalue weighted by atomic mass is 32.2. The fourth-order valence-electron chi connectivity index (χ4n) is 4.27. The van der Waals surface area contributed by atoms with E-state index in [1.807, 2.05) is 12.1 Å². The minimum atomic E-state index is -3.65. The van der Waals surface area contributed by atoms with Gasteiger partial charge >= 0.3 is 0 Å². The molecule has 1 amide bonds. The molecule has 0 aromatic heterocycles. The van der Waals surface area contributed by atoms with E-state index in [0.717, 1.165) is 31.2 Å². The topological polar surface area (TPSA) is 66.9 Å². The van der Waals surface area contributed by atoms with Gasteiger partial charge in [-0.2, -0.15) is 4.31 Å². The van der Waals surface area contributed by atoms with Gasteiger partial charge in [-0.1, -0.05) is 6.07 Å². The number of nitrogens with zero attached hydrogens (tertiary/aromatic N) is 2. The van der Waals surface area contributed by atoms with E-state index in [1.165, 1.54) is 16.3 Å². The molecule has 0 N–H and O–H groups in total. The number of carbonyl (C=O) groups excluding carboxylic acids is 1. The fourth-order valence-corrected chi connectivity index (χ4v) is 5.98. The lowest BCUT2D eigenvalue weighted by atomic mass is 9.92. The molecular weight excluding hydrogens is 352 g/mol. The van der Waals surface area contributed by atoms with E-state index >= 15 is 0 Å². The Balaban J connectivity index is 1.59. The summed E-state index contributed by atoms with van der Waals surface area (Å²) < 4.78 is 33.2. The van der Waals surface area contributed by atoms with Crippen molar-refractivity contribution in [1.29, 1.82) is 0 Å². The normalized spacial score (nSPS) is 24.5. The van der Waals surface area contributed by atoms with Gasteiger partial charge in [0, 0.05) is 19.6 Å². The first-order chi connectivity index (χ1) is 12.6.